The molecular weight excluding hydrogens is 386 g/mol. The minimum atomic E-state index is -0.324. The third-order valence-electron chi connectivity index (χ3n) is 5.08. The summed E-state index contributed by atoms with van der Waals surface area (Å²) < 4.78 is 5.11. The molecule has 3 heterocycles. The monoisotopic (exact) mass is 409 g/mol. The minimum Gasteiger partial charge on any atom is -0.459 e. The Morgan fingerprint density at radius 3 is 2.79 bits per heavy atom. The summed E-state index contributed by atoms with van der Waals surface area (Å²) in [5.41, 5.74) is 2.28. The predicted octanol–water partition coefficient (Wildman–Crippen LogP) is 4.64. The maximum Gasteiger partial charge on any atom is 0.291 e. The molecule has 3 aromatic rings. The second-order valence-corrected chi connectivity index (χ2v) is 8.33. The predicted molar refractivity (Wildman–Crippen MR) is 115 cm³/mol. The first-order chi connectivity index (χ1) is 14.0. The maximum absolute atomic E-state index is 13.2. The summed E-state index contributed by atoms with van der Waals surface area (Å²) >= 11 is 1.29. The first-order valence-electron chi connectivity index (χ1n) is 9.56. The Balaban J connectivity index is 1.49. The van der Waals surface area contributed by atoms with E-state index in [1.54, 1.807) is 24.3 Å². The molecular formula is C22H23N3O3S. The molecule has 1 aromatic carbocycles. The molecule has 1 N–H and O–H groups in total. The average molecular weight is 410 g/mol. The Morgan fingerprint density at radius 2 is 2.03 bits per heavy atom. The van der Waals surface area contributed by atoms with E-state index in [-0.39, 0.29) is 23.6 Å². The van der Waals surface area contributed by atoms with Gasteiger partial charge in [-0.1, -0.05) is 12.1 Å². The van der Waals surface area contributed by atoms with Gasteiger partial charge in [-0.05, 0) is 54.8 Å². The summed E-state index contributed by atoms with van der Waals surface area (Å²) in [4.78, 5) is 29.9. The summed E-state index contributed by atoms with van der Waals surface area (Å²) in [6.45, 7) is 0.738. The van der Waals surface area contributed by atoms with Crippen LogP contribution in [0.2, 0.25) is 0 Å². The average Bonchev–Trinajstić information content (AvgIpc) is 3.48. The summed E-state index contributed by atoms with van der Waals surface area (Å²) in [6.07, 6.45) is 3.39. The van der Waals surface area contributed by atoms with Crippen molar-refractivity contribution in [2.24, 2.45) is 0 Å². The number of rotatable bonds is 5. The largest absolute Gasteiger partial charge is 0.459 e. The molecule has 0 radical (unpaired) electrons. The van der Waals surface area contributed by atoms with Crippen molar-refractivity contribution >= 4 is 33.8 Å². The number of nitrogens with one attached hydrogen (secondary N) is 1. The third kappa shape index (κ3) is 4.05. The van der Waals surface area contributed by atoms with Crippen molar-refractivity contribution in [3.63, 3.8) is 0 Å². The van der Waals surface area contributed by atoms with Crippen LogP contribution in [0.4, 0.5) is 10.7 Å². The summed E-state index contributed by atoms with van der Waals surface area (Å²) in [5, 5.41) is 3.41. The smallest absolute Gasteiger partial charge is 0.291 e. The number of thiophene rings is 1. The fraction of sp³-hybridized carbons (Fsp3) is 0.273. The van der Waals surface area contributed by atoms with Crippen LogP contribution >= 0.6 is 11.3 Å². The van der Waals surface area contributed by atoms with Crippen LogP contribution in [0.5, 0.6) is 0 Å². The van der Waals surface area contributed by atoms with E-state index in [9.17, 15) is 9.59 Å². The number of likely N-dealkylation sites (tertiary alicyclic amines) is 1. The Labute approximate surface area is 173 Å². The quantitative estimate of drug-likeness (QED) is 0.667. The summed E-state index contributed by atoms with van der Waals surface area (Å²) in [7, 11) is 4.03. The van der Waals surface area contributed by atoms with Gasteiger partial charge in [-0.2, -0.15) is 0 Å². The number of hydrogen-bond acceptors (Lipinski definition) is 5. The first-order valence-corrected chi connectivity index (χ1v) is 10.4. The lowest BCUT2D eigenvalue weighted by Gasteiger charge is -2.25. The van der Waals surface area contributed by atoms with E-state index in [0.717, 1.165) is 30.6 Å². The number of furan rings is 1. The van der Waals surface area contributed by atoms with Crippen LogP contribution in [0.25, 0.3) is 0 Å². The number of amides is 2. The van der Waals surface area contributed by atoms with Gasteiger partial charge in [0.25, 0.3) is 11.8 Å². The SMILES string of the molecule is CN(C)c1cccc(C2CCCN2C(=O)c2ccc(NC(=O)c3ccco3)s2)c1. The summed E-state index contributed by atoms with van der Waals surface area (Å²) in [6, 6.07) is 15.2. The Morgan fingerprint density at radius 1 is 1.17 bits per heavy atom. The van der Waals surface area contributed by atoms with Crippen LogP contribution in [0.15, 0.2) is 59.2 Å². The Hall–Kier alpha value is -3.06. The fourth-order valence-corrected chi connectivity index (χ4v) is 4.47. The normalized spacial score (nSPS) is 16.1. The van der Waals surface area contributed by atoms with Crippen LogP contribution in [0.1, 0.15) is 44.7 Å². The highest BCUT2D eigenvalue weighted by Gasteiger charge is 2.31. The van der Waals surface area contributed by atoms with Gasteiger partial charge in [-0.25, -0.2) is 0 Å². The van der Waals surface area contributed by atoms with Gasteiger partial charge < -0.3 is 19.5 Å². The fourth-order valence-electron chi connectivity index (χ4n) is 3.61. The highest BCUT2D eigenvalue weighted by molar-refractivity contribution is 7.18. The Kier molecular flexibility index (Phi) is 5.40. The molecule has 1 aliphatic heterocycles. The van der Waals surface area contributed by atoms with Crippen molar-refractivity contribution in [2.75, 3.05) is 30.9 Å². The zero-order valence-corrected chi connectivity index (χ0v) is 17.2. The van der Waals surface area contributed by atoms with Crippen molar-refractivity contribution < 1.29 is 14.0 Å². The van der Waals surface area contributed by atoms with Gasteiger partial charge >= 0.3 is 0 Å². The number of carbonyl (C=O) groups is 2. The van der Waals surface area contributed by atoms with Crippen LogP contribution < -0.4 is 10.2 Å². The van der Waals surface area contributed by atoms with Gasteiger partial charge in [0.15, 0.2) is 5.76 Å². The number of hydrogen-bond donors (Lipinski definition) is 1. The molecule has 150 valence electrons. The molecule has 0 saturated carbocycles. The molecule has 1 atom stereocenters. The highest BCUT2D eigenvalue weighted by Crippen LogP contribution is 2.36. The molecule has 6 nitrogen and oxygen atoms in total. The zero-order valence-electron chi connectivity index (χ0n) is 16.4. The molecule has 1 fully saturated rings. The van der Waals surface area contributed by atoms with Crippen molar-refractivity contribution in [2.45, 2.75) is 18.9 Å². The van der Waals surface area contributed by atoms with E-state index in [1.165, 1.54) is 17.6 Å². The lowest BCUT2D eigenvalue weighted by Crippen LogP contribution is -2.30. The van der Waals surface area contributed by atoms with Crippen LogP contribution in [-0.2, 0) is 0 Å². The lowest BCUT2D eigenvalue weighted by molar-refractivity contribution is 0.0740. The van der Waals surface area contributed by atoms with Gasteiger partial charge in [0.1, 0.15) is 0 Å². The topological polar surface area (TPSA) is 65.8 Å². The molecule has 0 spiro atoms. The Bertz CT molecular complexity index is 1010. The van der Waals surface area contributed by atoms with Crippen LogP contribution in [-0.4, -0.2) is 37.4 Å². The summed E-state index contributed by atoms with van der Waals surface area (Å²) in [5.74, 6) is -0.0756. The molecule has 2 aromatic heterocycles. The molecule has 0 aliphatic carbocycles. The minimum absolute atomic E-state index is 0.00579. The standard InChI is InChI=1S/C22H23N3O3S/c1-24(2)16-7-3-6-15(14-16)17-8-4-12-25(17)22(27)19-10-11-20(29-19)23-21(26)18-9-5-13-28-18/h3,5-7,9-11,13-14,17H,4,8,12H2,1-2H3,(H,23,26). The second kappa shape index (κ2) is 8.13. The van der Waals surface area contributed by atoms with Gasteiger partial charge in [-0.15, -0.1) is 11.3 Å². The molecule has 1 saturated heterocycles. The zero-order chi connectivity index (χ0) is 20.4. The van der Waals surface area contributed by atoms with Gasteiger partial charge in [0, 0.05) is 26.3 Å². The number of carbonyl (C=O) groups excluding carboxylic acids is 2. The van der Waals surface area contributed by atoms with Gasteiger partial charge in [0.05, 0.1) is 22.2 Å². The molecule has 29 heavy (non-hydrogen) atoms. The first kappa shape index (κ1) is 19.3. The van der Waals surface area contributed by atoms with E-state index in [2.05, 4.69) is 28.4 Å². The van der Waals surface area contributed by atoms with E-state index in [0.29, 0.717) is 9.88 Å². The van der Waals surface area contributed by atoms with Crippen molar-refractivity contribution in [1.29, 1.82) is 0 Å². The van der Waals surface area contributed by atoms with Crippen molar-refractivity contribution in [3.05, 3.63) is 71.0 Å². The lowest BCUT2D eigenvalue weighted by atomic mass is 10.0. The van der Waals surface area contributed by atoms with Crippen molar-refractivity contribution in [3.8, 4) is 0 Å². The number of benzene rings is 1. The van der Waals surface area contributed by atoms with Gasteiger partial charge in [-0.3, -0.25) is 9.59 Å². The second-order valence-electron chi connectivity index (χ2n) is 7.24. The number of anilines is 2. The van der Waals surface area contributed by atoms with E-state index >= 15 is 0 Å². The molecule has 2 amide bonds. The molecule has 1 aliphatic rings. The molecule has 4 rings (SSSR count). The van der Waals surface area contributed by atoms with Crippen LogP contribution in [0, 0.1) is 0 Å². The maximum atomic E-state index is 13.2. The highest BCUT2D eigenvalue weighted by atomic mass is 32.1. The third-order valence-corrected chi connectivity index (χ3v) is 6.07. The van der Waals surface area contributed by atoms with Crippen LogP contribution in [0.3, 0.4) is 0 Å². The number of nitrogens with zero attached hydrogens (tertiary/aromatic N) is 2. The van der Waals surface area contributed by atoms with E-state index < -0.39 is 0 Å². The molecule has 7 heteroatoms. The van der Waals surface area contributed by atoms with E-state index in [1.807, 2.05) is 25.1 Å². The molecule has 1 unspecified atom stereocenters. The van der Waals surface area contributed by atoms with E-state index in [4.69, 9.17) is 4.42 Å². The molecule has 0 bridgehead atoms. The van der Waals surface area contributed by atoms with Crippen molar-refractivity contribution in [1.82, 2.24) is 4.90 Å². The van der Waals surface area contributed by atoms with Gasteiger partial charge in [0.2, 0.25) is 0 Å².